The summed E-state index contributed by atoms with van der Waals surface area (Å²) in [5, 5.41) is 13.1. The van der Waals surface area contributed by atoms with Gasteiger partial charge < -0.3 is 24.3 Å². The molecule has 0 bridgehead atoms. The lowest BCUT2D eigenvalue weighted by Crippen LogP contribution is -2.13. The summed E-state index contributed by atoms with van der Waals surface area (Å²) in [6.07, 6.45) is 0.615. The average Bonchev–Trinajstić information content (AvgIpc) is 3.36. The van der Waals surface area contributed by atoms with E-state index in [1.165, 1.54) is 18.4 Å². The molecule has 7 nitrogen and oxygen atoms in total. The largest absolute Gasteiger partial charge is 0.497 e. The monoisotopic (exact) mass is 436 g/mol. The topological polar surface area (TPSA) is 89.8 Å². The number of carbonyl (C=O) groups is 1. The third-order valence-electron chi connectivity index (χ3n) is 5.04. The fourth-order valence-electron chi connectivity index (χ4n) is 3.34. The second-order valence-corrected chi connectivity index (χ2v) is 7.96. The highest BCUT2D eigenvalue weighted by Gasteiger charge is 2.21. The molecule has 0 saturated heterocycles. The SMILES string of the molecule is COc1ccc(C(=O)Nc2sc(Cc3ccc4c(c3)OCO4)c(C)c2C#N)c(OC)c1. The number of nitriles is 1. The van der Waals surface area contributed by atoms with Crippen molar-refractivity contribution >= 4 is 22.2 Å². The number of thiophene rings is 1. The van der Waals surface area contributed by atoms with Crippen LogP contribution in [0, 0.1) is 18.3 Å². The Balaban J connectivity index is 1.60. The molecule has 3 aromatic rings. The Morgan fingerprint density at radius 2 is 1.97 bits per heavy atom. The minimum absolute atomic E-state index is 0.223. The van der Waals surface area contributed by atoms with Crippen LogP contribution in [0.3, 0.4) is 0 Å². The molecule has 0 aliphatic carbocycles. The molecule has 0 radical (unpaired) electrons. The summed E-state index contributed by atoms with van der Waals surface area (Å²) < 4.78 is 21.3. The first-order valence-corrected chi connectivity index (χ1v) is 10.3. The number of methoxy groups -OCH3 is 2. The summed E-state index contributed by atoms with van der Waals surface area (Å²) in [5.41, 5.74) is 2.70. The number of hydrogen-bond donors (Lipinski definition) is 1. The number of benzene rings is 2. The van der Waals surface area contributed by atoms with Gasteiger partial charge in [0.05, 0.1) is 25.3 Å². The normalized spacial score (nSPS) is 11.7. The predicted octanol–water partition coefficient (Wildman–Crippen LogP) is 4.52. The molecule has 0 spiro atoms. The van der Waals surface area contributed by atoms with E-state index < -0.39 is 0 Å². The van der Waals surface area contributed by atoms with Crippen LogP contribution in [0.2, 0.25) is 0 Å². The van der Waals surface area contributed by atoms with E-state index in [1.54, 1.807) is 25.3 Å². The standard InChI is InChI=1S/C23H20N2O5S/c1-13-17(11-24)23(25-22(26)16-6-5-15(27-2)10-19(16)28-3)31-21(13)9-14-4-7-18-20(8-14)30-12-29-18/h4-8,10H,9,12H2,1-3H3,(H,25,26). The maximum Gasteiger partial charge on any atom is 0.260 e. The van der Waals surface area contributed by atoms with Crippen LogP contribution in [-0.2, 0) is 6.42 Å². The van der Waals surface area contributed by atoms with Crippen LogP contribution >= 0.6 is 11.3 Å². The molecule has 0 saturated carbocycles. The lowest BCUT2D eigenvalue weighted by Gasteiger charge is -2.10. The first-order chi connectivity index (χ1) is 15.0. The highest BCUT2D eigenvalue weighted by Crippen LogP contribution is 2.37. The molecule has 8 heteroatoms. The van der Waals surface area contributed by atoms with Crippen molar-refractivity contribution in [2.75, 3.05) is 26.3 Å². The molecule has 4 rings (SSSR count). The lowest BCUT2D eigenvalue weighted by molar-refractivity contribution is 0.102. The van der Waals surface area contributed by atoms with E-state index >= 15 is 0 Å². The van der Waals surface area contributed by atoms with Crippen molar-refractivity contribution in [3.63, 3.8) is 0 Å². The van der Waals surface area contributed by atoms with Crippen molar-refractivity contribution in [2.45, 2.75) is 13.3 Å². The quantitative estimate of drug-likeness (QED) is 0.611. The third kappa shape index (κ3) is 4.00. The summed E-state index contributed by atoms with van der Waals surface area (Å²) in [6.45, 7) is 2.11. The summed E-state index contributed by atoms with van der Waals surface area (Å²) >= 11 is 1.39. The van der Waals surface area contributed by atoms with Gasteiger partial charge in [-0.25, -0.2) is 0 Å². The molecule has 1 aliphatic rings. The van der Waals surface area contributed by atoms with E-state index in [2.05, 4.69) is 11.4 Å². The van der Waals surface area contributed by atoms with Crippen LogP contribution in [0.1, 0.15) is 31.9 Å². The van der Waals surface area contributed by atoms with E-state index in [-0.39, 0.29) is 12.7 Å². The van der Waals surface area contributed by atoms with Crippen LogP contribution in [0.5, 0.6) is 23.0 Å². The van der Waals surface area contributed by atoms with Gasteiger partial charge in [-0.05, 0) is 42.3 Å². The fourth-order valence-corrected chi connectivity index (χ4v) is 4.53. The van der Waals surface area contributed by atoms with Gasteiger partial charge in [0.25, 0.3) is 5.91 Å². The number of anilines is 1. The summed E-state index contributed by atoms with van der Waals surface area (Å²) in [6, 6.07) is 13.0. The molecule has 2 aromatic carbocycles. The zero-order chi connectivity index (χ0) is 22.0. The number of fused-ring (bicyclic) bond motifs is 1. The molecule has 1 aliphatic heterocycles. The van der Waals surface area contributed by atoms with Gasteiger partial charge in [0, 0.05) is 17.4 Å². The second kappa shape index (κ2) is 8.58. The maximum atomic E-state index is 12.9. The fraction of sp³-hybridized carbons (Fsp3) is 0.217. The van der Waals surface area contributed by atoms with Crippen molar-refractivity contribution in [3.8, 4) is 29.1 Å². The van der Waals surface area contributed by atoms with Crippen LogP contribution in [0.25, 0.3) is 0 Å². The number of nitrogens with one attached hydrogen (secondary N) is 1. The zero-order valence-electron chi connectivity index (χ0n) is 17.3. The molecule has 31 heavy (non-hydrogen) atoms. The van der Waals surface area contributed by atoms with Crippen LogP contribution < -0.4 is 24.3 Å². The van der Waals surface area contributed by atoms with Gasteiger partial charge in [0.1, 0.15) is 22.6 Å². The summed E-state index contributed by atoms with van der Waals surface area (Å²) in [7, 11) is 3.04. The summed E-state index contributed by atoms with van der Waals surface area (Å²) in [5.74, 6) is 2.07. The molecule has 0 atom stereocenters. The zero-order valence-corrected chi connectivity index (χ0v) is 18.1. The van der Waals surface area contributed by atoms with Crippen molar-refractivity contribution in [1.82, 2.24) is 0 Å². The van der Waals surface area contributed by atoms with Crippen molar-refractivity contribution in [3.05, 3.63) is 63.5 Å². The molecule has 0 unspecified atom stereocenters. The Kier molecular flexibility index (Phi) is 5.69. The first kappa shape index (κ1) is 20.6. The van der Waals surface area contributed by atoms with E-state index in [1.807, 2.05) is 25.1 Å². The molecular weight excluding hydrogens is 416 g/mol. The Hall–Kier alpha value is -3.70. The van der Waals surface area contributed by atoms with E-state index in [4.69, 9.17) is 18.9 Å². The van der Waals surface area contributed by atoms with Crippen LogP contribution in [0.15, 0.2) is 36.4 Å². The van der Waals surface area contributed by atoms with Gasteiger partial charge in [-0.3, -0.25) is 4.79 Å². The Labute approximate surface area is 183 Å². The number of ether oxygens (including phenoxy) is 4. The van der Waals surface area contributed by atoms with Gasteiger partial charge in [-0.2, -0.15) is 5.26 Å². The first-order valence-electron chi connectivity index (χ1n) is 9.48. The molecule has 0 fully saturated rings. The Bertz CT molecular complexity index is 1200. The summed E-state index contributed by atoms with van der Waals surface area (Å²) in [4.78, 5) is 13.9. The van der Waals surface area contributed by atoms with Gasteiger partial charge >= 0.3 is 0 Å². The lowest BCUT2D eigenvalue weighted by atomic mass is 10.1. The number of nitrogens with zero attached hydrogens (tertiary/aromatic N) is 1. The average molecular weight is 436 g/mol. The van der Waals surface area contributed by atoms with Gasteiger partial charge in [0.15, 0.2) is 11.5 Å². The van der Waals surface area contributed by atoms with Crippen LogP contribution in [0.4, 0.5) is 5.00 Å². The van der Waals surface area contributed by atoms with Crippen molar-refractivity contribution in [1.29, 1.82) is 5.26 Å². The Morgan fingerprint density at radius 3 is 2.71 bits per heavy atom. The van der Waals surface area contributed by atoms with Gasteiger partial charge in [-0.1, -0.05) is 6.07 Å². The number of rotatable bonds is 6. The van der Waals surface area contributed by atoms with Gasteiger partial charge in [-0.15, -0.1) is 11.3 Å². The number of amides is 1. The smallest absolute Gasteiger partial charge is 0.260 e. The minimum atomic E-state index is -0.355. The van der Waals surface area contributed by atoms with E-state index in [0.29, 0.717) is 39.8 Å². The maximum absolute atomic E-state index is 12.9. The van der Waals surface area contributed by atoms with E-state index in [0.717, 1.165) is 21.8 Å². The minimum Gasteiger partial charge on any atom is -0.497 e. The molecule has 1 N–H and O–H groups in total. The molecule has 2 heterocycles. The molecule has 1 amide bonds. The highest BCUT2D eigenvalue weighted by atomic mass is 32.1. The Morgan fingerprint density at radius 1 is 1.16 bits per heavy atom. The predicted molar refractivity (Wildman–Crippen MR) is 117 cm³/mol. The third-order valence-corrected chi connectivity index (χ3v) is 6.25. The van der Waals surface area contributed by atoms with Gasteiger partial charge in [0.2, 0.25) is 6.79 Å². The van der Waals surface area contributed by atoms with E-state index in [9.17, 15) is 10.1 Å². The second-order valence-electron chi connectivity index (χ2n) is 6.85. The molecular formula is C23H20N2O5S. The van der Waals surface area contributed by atoms with Crippen LogP contribution in [-0.4, -0.2) is 26.9 Å². The molecule has 158 valence electrons. The highest BCUT2D eigenvalue weighted by molar-refractivity contribution is 7.16. The number of carbonyl (C=O) groups excluding carboxylic acids is 1. The molecule has 1 aromatic heterocycles. The number of hydrogen-bond acceptors (Lipinski definition) is 7. The van der Waals surface area contributed by atoms with Crippen molar-refractivity contribution < 1.29 is 23.7 Å². The van der Waals surface area contributed by atoms with Crippen molar-refractivity contribution in [2.24, 2.45) is 0 Å².